The highest BCUT2D eigenvalue weighted by molar-refractivity contribution is 6.25. The highest BCUT2D eigenvalue weighted by atomic mass is 15.5. The van der Waals surface area contributed by atoms with Gasteiger partial charge in [0.1, 0.15) is 22.1 Å². The highest BCUT2D eigenvalue weighted by Crippen LogP contribution is 2.45. The number of fused-ring (bicyclic) bond motifs is 10. The molecular weight excluding hydrogens is 1440 g/mol. The van der Waals surface area contributed by atoms with E-state index in [-0.39, 0.29) is 0 Å². The third-order valence-corrected chi connectivity index (χ3v) is 21.6. The molecule has 0 saturated heterocycles. The largest absolute Gasteiger partial charge is 0.247 e. The van der Waals surface area contributed by atoms with Crippen LogP contribution in [0.2, 0.25) is 0 Å². The molecule has 6 aromatic heterocycles. The first-order valence-electron chi connectivity index (χ1n) is 39.2. The zero-order valence-corrected chi connectivity index (χ0v) is 63.5. The molecule has 0 atom stereocenters. The Balaban J connectivity index is 0.000000147. The molecule has 22 rings (SSSR count). The summed E-state index contributed by atoms with van der Waals surface area (Å²) in [6.45, 7) is 0. The monoisotopic (exact) mass is 1510 g/mol. The number of hydrogen-bond acceptors (Lipinski definition) is 11. The fourth-order valence-electron chi connectivity index (χ4n) is 15.7. The Morgan fingerprint density at radius 1 is 0.169 bits per heavy atom. The molecule has 0 unspecified atom stereocenters. The number of benzene rings is 16. The van der Waals surface area contributed by atoms with Crippen LogP contribution in [0.1, 0.15) is 0 Å². The van der Waals surface area contributed by atoms with E-state index in [1.807, 2.05) is 182 Å². The molecule has 13 nitrogen and oxygen atoms in total. The summed E-state index contributed by atoms with van der Waals surface area (Å²) in [5.41, 5.74) is 27.1. The van der Waals surface area contributed by atoms with Gasteiger partial charge in [0.05, 0.1) is 45.2 Å². The molecule has 0 aliphatic carbocycles. The predicted molar refractivity (Wildman–Crippen MR) is 478 cm³/mol. The van der Waals surface area contributed by atoms with Gasteiger partial charge in [-0.1, -0.05) is 352 Å². The van der Waals surface area contributed by atoms with Gasteiger partial charge in [-0.05, 0) is 88.0 Å². The lowest BCUT2D eigenvalue weighted by Crippen LogP contribution is -2.00. The summed E-state index contributed by atoms with van der Waals surface area (Å²) in [6, 6.07) is 139. The number of para-hydroxylation sites is 4. The van der Waals surface area contributed by atoms with Crippen LogP contribution in [-0.2, 0) is 0 Å². The van der Waals surface area contributed by atoms with Crippen LogP contribution in [0.3, 0.4) is 0 Å². The Morgan fingerprint density at radius 2 is 0.424 bits per heavy atom. The molecule has 552 valence electrons. The van der Waals surface area contributed by atoms with Gasteiger partial charge < -0.3 is 0 Å². The van der Waals surface area contributed by atoms with Crippen molar-refractivity contribution in [2.45, 2.75) is 0 Å². The number of nitrogens with zero attached hydrogens (tertiary/aromatic N) is 13. The molecule has 0 radical (unpaired) electrons. The summed E-state index contributed by atoms with van der Waals surface area (Å²) in [5, 5.41) is 26.8. The van der Waals surface area contributed by atoms with Crippen molar-refractivity contribution >= 4 is 65.4 Å². The van der Waals surface area contributed by atoms with Crippen molar-refractivity contribution in [1.29, 1.82) is 0 Å². The third kappa shape index (κ3) is 13.4. The van der Waals surface area contributed by atoms with E-state index in [0.717, 1.165) is 189 Å². The minimum atomic E-state index is 0.627. The van der Waals surface area contributed by atoms with Crippen molar-refractivity contribution in [2.75, 3.05) is 0 Å². The standard InChI is InChI=1S/C53H34N6.C52H33N7/c1-5-15-37(16-6-1)44-33-45-49(52-51(44)57-59(58-52)42-21-11-4-12-22-42)43-23-13-14-24-46(43)54-50(45)40-31-27-36(28-32-40)35-25-29-39(30-26-35)48-34-47(38-17-7-2-8-18-38)55-53(56-48)41-19-9-3-10-20-41;1-5-15-36(16-6-1)43-33-44-46(49-48(43)57-59(58-49)41-21-11-4-12-22-41)42-23-13-14-24-45(42)53-47(44)37-29-25-34(26-30-37)35-27-31-40(32-28-35)52-55-50(38-17-7-2-8-18-38)54-51(56-52)39-19-9-3-10-20-39/h1-34H;1-33H. The average Bonchev–Trinajstić information content (AvgIpc) is 1.45. The minimum absolute atomic E-state index is 0.627. The van der Waals surface area contributed by atoms with E-state index in [1.54, 1.807) is 9.59 Å². The maximum Gasteiger partial charge on any atom is 0.164 e. The lowest BCUT2D eigenvalue weighted by molar-refractivity contribution is 0.766. The van der Waals surface area contributed by atoms with Crippen LogP contribution in [0.4, 0.5) is 0 Å². The quantitative estimate of drug-likeness (QED) is 0.0957. The molecule has 0 saturated carbocycles. The topological polar surface area (TPSA) is 152 Å². The van der Waals surface area contributed by atoms with Crippen molar-refractivity contribution in [3.63, 3.8) is 0 Å². The summed E-state index contributed by atoms with van der Waals surface area (Å²) in [5.74, 6) is 2.61. The molecule has 0 amide bonds. The summed E-state index contributed by atoms with van der Waals surface area (Å²) in [6.07, 6.45) is 0. The van der Waals surface area contributed by atoms with Crippen LogP contribution in [-0.4, -0.2) is 64.9 Å². The van der Waals surface area contributed by atoms with Crippen LogP contribution < -0.4 is 0 Å². The van der Waals surface area contributed by atoms with E-state index >= 15 is 0 Å². The summed E-state index contributed by atoms with van der Waals surface area (Å²) >= 11 is 0. The molecule has 0 aliphatic heterocycles. The second-order valence-electron chi connectivity index (χ2n) is 29.0. The first-order chi connectivity index (χ1) is 58.5. The summed E-state index contributed by atoms with van der Waals surface area (Å²) in [4.78, 5) is 38.8. The van der Waals surface area contributed by atoms with Crippen LogP contribution in [0, 0.1) is 0 Å². The van der Waals surface area contributed by atoms with Crippen LogP contribution >= 0.6 is 0 Å². The van der Waals surface area contributed by atoms with Crippen molar-refractivity contribution in [1.82, 2.24) is 64.9 Å². The van der Waals surface area contributed by atoms with E-state index in [1.165, 1.54) is 0 Å². The molecule has 0 N–H and O–H groups in total. The molecule has 118 heavy (non-hydrogen) atoms. The third-order valence-electron chi connectivity index (χ3n) is 21.6. The predicted octanol–water partition coefficient (Wildman–Crippen LogP) is 25.2. The zero-order valence-electron chi connectivity index (χ0n) is 63.5. The van der Waals surface area contributed by atoms with Gasteiger partial charge in [0.25, 0.3) is 0 Å². The summed E-state index contributed by atoms with van der Waals surface area (Å²) in [7, 11) is 0. The van der Waals surface area contributed by atoms with Gasteiger partial charge in [-0.25, -0.2) is 34.9 Å². The fourth-order valence-corrected chi connectivity index (χ4v) is 15.7. The van der Waals surface area contributed by atoms with Gasteiger partial charge in [-0.2, -0.15) is 9.59 Å². The average molecular weight is 1510 g/mol. The molecule has 16 aromatic carbocycles. The molecule has 0 spiro atoms. The molecule has 0 bridgehead atoms. The van der Waals surface area contributed by atoms with Crippen molar-refractivity contribution in [3.05, 3.63) is 406 Å². The number of aromatic nitrogens is 13. The molecule has 0 aliphatic rings. The molecule has 13 heteroatoms. The number of pyridine rings is 2. The van der Waals surface area contributed by atoms with Gasteiger partial charge in [0.15, 0.2) is 23.3 Å². The maximum absolute atomic E-state index is 5.32. The second-order valence-corrected chi connectivity index (χ2v) is 29.0. The van der Waals surface area contributed by atoms with E-state index in [4.69, 9.17) is 55.3 Å². The SMILES string of the molecule is c1ccc(-c2cc(-c3ccc(-c4ccc(-c5nc6ccccc6c6c5cc(-c5ccccc5)c5nn(-c7ccccc7)nc56)cc4)cc3)nc(-c3ccccc3)n2)cc1.c1ccc(-c2nc(-c3ccccc3)nc(-c3ccc(-c4ccc(-c5nc6ccccc6c6c5cc(-c5ccccc5)c5nn(-c7ccccc7)nc56)cc4)cc3)n2)cc1. The minimum Gasteiger partial charge on any atom is -0.247 e. The highest BCUT2D eigenvalue weighted by Gasteiger charge is 2.25. The number of hydrogen-bond donors (Lipinski definition) is 0. The van der Waals surface area contributed by atoms with Gasteiger partial charge in [-0.3, -0.25) is 0 Å². The number of rotatable bonds is 14. The van der Waals surface area contributed by atoms with E-state index in [9.17, 15) is 0 Å². The zero-order chi connectivity index (χ0) is 78.2. The Morgan fingerprint density at radius 3 is 0.780 bits per heavy atom. The molecule has 22 aromatic rings. The van der Waals surface area contributed by atoms with Crippen molar-refractivity contribution in [2.24, 2.45) is 0 Å². The lowest BCUT2D eigenvalue weighted by atomic mass is 9.93. The van der Waals surface area contributed by atoms with E-state index < -0.39 is 0 Å². The van der Waals surface area contributed by atoms with Gasteiger partial charge in [0.2, 0.25) is 0 Å². The van der Waals surface area contributed by atoms with E-state index in [2.05, 4.69) is 224 Å². The summed E-state index contributed by atoms with van der Waals surface area (Å²) < 4.78 is 0. The lowest BCUT2D eigenvalue weighted by Gasteiger charge is -2.13. The second kappa shape index (κ2) is 30.3. The van der Waals surface area contributed by atoms with E-state index in [0.29, 0.717) is 23.3 Å². The first-order valence-corrected chi connectivity index (χ1v) is 39.2. The fraction of sp³-hybridized carbons (Fsp3) is 0. The molecular formula is C105H67N13. The van der Waals surface area contributed by atoms with Gasteiger partial charge >= 0.3 is 0 Å². The molecule has 6 heterocycles. The Bertz CT molecular complexity index is 6890. The van der Waals surface area contributed by atoms with Crippen LogP contribution in [0.15, 0.2) is 406 Å². The first kappa shape index (κ1) is 69.7. The van der Waals surface area contributed by atoms with Crippen molar-refractivity contribution < 1.29 is 0 Å². The Labute approximate surface area is 679 Å². The Hall–Kier alpha value is -16.3. The van der Waals surface area contributed by atoms with Gasteiger partial charge in [0, 0.05) is 88.0 Å². The molecule has 0 fully saturated rings. The van der Waals surface area contributed by atoms with Gasteiger partial charge in [-0.15, -0.1) is 20.4 Å². The van der Waals surface area contributed by atoms with Crippen LogP contribution in [0.5, 0.6) is 0 Å². The smallest absolute Gasteiger partial charge is 0.164 e. The van der Waals surface area contributed by atoms with Crippen LogP contribution in [0.25, 0.3) is 212 Å². The van der Waals surface area contributed by atoms with Crippen molar-refractivity contribution in [3.8, 4) is 146 Å². The Kier molecular flexibility index (Phi) is 17.9. The normalized spacial score (nSPS) is 11.4. The maximum atomic E-state index is 5.32.